The first-order valence-electron chi connectivity index (χ1n) is 3.66. The van der Waals surface area contributed by atoms with Crippen LogP contribution in [0.4, 0.5) is 4.39 Å². The van der Waals surface area contributed by atoms with Crippen LogP contribution in [0.25, 0.3) is 0 Å². The summed E-state index contributed by atoms with van der Waals surface area (Å²) in [6.07, 6.45) is 0.809. The van der Waals surface area contributed by atoms with E-state index in [-0.39, 0.29) is 4.47 Å². The van der Waals surface area contributed by atoms with Crippen LogP contribution in [-0.2, 0) is 9.84 Å². The fourth-order valence-electron chi connectivity index (χ4n) is 0.990. The zero-order chi connectivity index (χ0) is 11.8. The molecule has 0 heterocycles. The summed E-state index contributed by atoms with van der Waals surface area (Å²) in [6, 6.07) is 2.03. The summed E-state index contributed by atoms with van der Waals surface area (Å²) in [4.78, 5) is 9.97. The molecule has 0 spiro atoms. The third-order valence-electron chi connectivity index (χ3n) is 1.63. The number of benzene rings is 1. The molecule has 0 saturated heterocycles. The number of carboxylic acids is 1. The van der Waals surface area contributed by atoms with Crippen molar-refractivity contribution in [3.63, 3.8) is 0 Å². The van der Waals surface area contributed by atoms with Crippen LogP contribution >= 0.6 is 15.9 Å². The normalized spacial score (nSPS) is 11.4. The molecule has 1 aromatic carbocycles. The molecule has 0 aliphatic carbocycles. The molecular formula is C8H6BrFO4S. The highest BCUT2D eigenvalue weighted by molar-refractivity contribution is 9.10. The quantitative estimate of drug-likeness (QED) is 0.901. The van der Waals surface area contributed by atoms with Crippen molar-refractivity contribution in [2.75, 3.05) is 6.26 Å². The fourth-order valence-corrected chi connectivity index (χ4v) is 2.38. The minimum Gasteiger partial charge on any atom is -0.478 e. The van der Waals surface area contributed by atoms with Crippen LogP contribution in [0.5, 0.6) is 0 Å². The van der Waals surface area contributed by atoms with Gasteiger partial charge in [0.15, 0.2) is 15.7 Å². The van der Waals surface area contributed by atoms with E-state index in [2.05, 4.69) is 15.9 Å². The van der Waals surface area contributed by atoms with Gasteiger partial charge in [-0.15, -0.1) is 0 Å². The minimum atomic E-state index is -3.78. The summed E-state index contributed by atoms with van der Waals surface area (Å²) in [6.45, 7) is 0. The van der Waals surface area contributed by atoms with Gasteiger partial charge in [-0.1, -0.05) is 15.9 Å². The standard InChI is InChI=1S/C8H6BrFO4S/c1-15(13,14)6-3-4(9)2-5(7(6)10)8(11)12/h2-3H,1H3,(H,11,12). The van der Waals surface area contributed by atoms with Gasteiger partial charge in [0.25, 0.3) is 0 Å². The van der Waals surface area contributed by atoms with Crippen LogP contribution in [0.15, 0.2) is 21.5 Å². The van der Waals surface area contributed by atoms with E-state index < -0.39 is 32.1 Å². The van der Waals surface area contributed by atoms with Gasteiger partial charge in [0.2, 0.25) is 0 Å². The third kappa shape index (κ3) is 2.54. The third-order valence-corrected chi connectivity index (χ3v) is 3.19. The van der Waals surface area contributed by atoms with Crippen molar-refractivity contribution in [1.82, 2.24) is 0 Å². The largest absolute Gasteiger partial charge is 0.478 e. The number of halogens is 2. The first kappa shape index (κ1) is 12.1. The van der Waals surface area contributed by atoms with Crippen LogP contribution in [0.3, 0.4) is 0 Å². The van der Waals surface area contributed by atoms with Crippen LogP contribution in [0.2, 0.25) is 0 Å². The summed E-state index contributed by atoms with van der Waals surface area (Å²) in [5, 5.41) is 8.62. The average molecular weight is 297 g/mol. The summed E-state index contributed by atoms with van der Waals surface area (Å²) >= 11 is 2.91. The van der Waals surface area contributed by atoms with Crippen LogP contribution in [-0.4, -0.2) is 25.7 Å². The molecule has 0 unspecified atom stereocenters. The van der Waals surface area contributed by atoms with Gasteiger partial charge in [-0.05, 0) is 12.1 Å². The lowest BCUT2D eigenvalue weighted by Gasteiger charge is -2.04. The Morgan fingerprint density at radius 2 is 2.00 bits per heavy atom. The van der Waals surface area contributed by atoms with E-state index >= 15 is 0 Å². The Bertz CT molecular complexity index is 524. The SMILES string of the molecule is CS(=O)(=O)c1cc(Br)cc(C(=O)O)c1F. The van der Waals surface area contributed by atoms with E-state index in [0.29, 0.717) is 0 Å². The second-order valence-corrected chi connectivity index (χ2v) is 5.74. The Balaban J connectivity index is 3.63. The number of hydrogen-bond donors (Lipinski definition) is 1. The van der Waals surface area contributed by atoms with Gasteiger partial charge in [0.05, 0.1) is 5.56 Å². The van der Waals surface area contributed by atoms with E-state index in [1.165, 1.54) is 0 Å². The summed E-state index contributed by atoms with van der Waals surface area (Å²) in [7, 11) is -3.78. The molecule has 82 valence electrons. The molecule has 0 saturated carbocycles. The maximum absolute atomic E-state index is 13.4. The molecule has 0 fully saturated rings. The summed E-state index contributed by atoms with van der Waals surface area (Å²) in [5.41, 5.74) is -0.676. The zero-order valence-electron chi connectivity index (χ0n) is 7.49. The molecule has 0 radical (unpaired) electrons. The van der Waals surface area contributed by atoms with Gasteiger partial charge < -0.3 is 5.11 Å². The van der Waals surface area contributed by atoms with Gasteiger partial charge in [0.1, 0.15) is 4.90 Å². The van der Waals surface area contributed by atoms with Gasteiger partial charge >= 0.3 is 5.97 Å². The highest BCUT2D eigenvalue weighted by Crippen LogP contribution is 2.23. The maximum atomic E-state index is 13.4. The molecule has 0 aromatic heterocycles. The number of aromatic carboxylic acids is 1. The van der Waals surface area contributed by atoms with E-state index in [1.54, 1.807) is 0 Å². The van der Waals surface area contributed by atoms with Crippen LogP contribution in [0.1, 0.15) is 10.4 Å². The lowest BCUT2D eigenvalue weighted by molar-refractivity contribution is 0.0691. The highest BCUT2D eigenvalue weighted by Gasteiger charge is 2.21. The van der Waals surface area contributed by atoms with Gasteiger partial charge in [-0.2, -0.15) is 0 Å². The first-order chi connectivity index (χ1) is 6.73. The lowest BCUT2D eigenvalue weighted by Crippen LogP contribution is -2.08. The number of hydrogen-bond acceptors (Lipinski definition) is 3. The number of sulfone groups is 1. The van der Waals surface area contributed by atoms with Crippen molar-refractivity contribution in [1.29, 1.82) is 0 Å². The molecule has 0 bridgehead atoms. The predicted octanol–water partition coefficient (Wildman–Crippen LogP) is 1.69. The van der Waals surface area contributed by atoms with Crippen LogP contribution < -0.4 is 0 Å². The van der Waals surface area contributed by atoms with E-state index in [1.807, 2.05) is 0 Å². The van der Waals surface area contributed by atoms with Gasteiger partial charge in [-0.3, -0.25) is 0 Å². The van der Waals surface area contributed by atoms with Gasteiger partial charge in [-0.25, -0.2) is 17.6 Å². The Morgan fingerprint density at radius 3 is 2.40 bits per heavy atom. The number of carboxylic acid groups (broad SMARTS) is 1. The van der Waals surface area contributed by atoms with Crippen molar-refractivity contribution in [3.8, 4) is 0 Å². The molecule has 0 amide bonds. The topological polar surface area (TPSA) is 71.4 Å². The highest BCUT2D eigenvalue weighted by atomic mass is 79.9. The molecule has 1 N–H and O–H groups in total. The zero-order valence-corrected chi connectivity index (χ0v) is 9.89. The van der Waals surface area contributed by atoms with Crippen molar-refractivity contribution in [3.05, 3.63) is 28.0 Å². The van der Waals surface area contributed by atoms with Crippen molar-refractivity contribution in [2.45, 2.75) is 4.90 Å². The molecule has 4 nitrogen and oxygen atoms in total. The Labute approximate surface area is 93.8 Å². The van der Waals surface area contributed by atoms with Gasteiger partial charge in [0, 0.05) is 10.7 Å². The second kappa shape index (κ2) is 3.90. The predicted molar refractivity (Wildman–Crippen MR) is 54.2 cm³/mol. The molecule has 0 aliphatic heterocycles. The van der Waals surface area contributed by atoms with Crippen molar-refractivity contribution < 1.29 is 22.7 Å². The average Bonchev–Trinajstić information content (AvgIpc) is 2.06. The molecule has 0 atom stereocenters. The van der Waals surface area contributed by atoms with Crippen molar-refractivity contribution in [2.24, 2.45) is 0 Å². The minimum absolute atomic E-state index is 0.196. The Kier molecular flexibility index (Phi) is 3.15. The van der Waals surface area contributed by atoms with E-state index in [0.717, 1.165) is 18.4 Å². The lowest BCUT2D eigenvalue weighted by atomic mass is 10.2. The first-order valence-corrected chi connectivity index (χ1v) is 6.34. The summed E-state index contributed by atoms with van der Waals surface area (Å²) < 4.78 is 35.9. The molecule has 15 heavy (non-hydrogen) atoms. The van der Waals surface area contributed by atoms with Crippen LogP contribution in [0, 0.1) is 5.82 Å². The smallest absolute Gasteiger partial charge is 0.338 e. The Morgan fingerprint density at radius 1 is 1.47 bits per heavy atom. The van der Waals surface area contributed by atoms with Crippen molar-refractivity contribution >= 4 is 31.7 Å². The molecule has 1 rings (SSSR count). The molecule has 1 aromatic rings. The number of rotatable bonds is 2. The molecule has 0 aliphatic rings. The van der Waals surface area contributed by atoms with E-state index in [4.69, 9.17) is 5.11 Å². The van der Waals surface area contributed by atoms with E-state index in [9.17, 15) is 17.6 Å². The monoisotopic (exact) mass is 296 g/mol. The molecular weight excluding hydrogens is 291 g/mol. The molecule has 7 heteroatoms. The number of carbonyl (C=O) groups is 1. The second-order valence-electron chi connectivity index (χ2n) is 2.84. The maximum Gasteiger partial charge on any atom is 0.338 e. The fraction of sp³-hybridized carbons (Fsp3) is 0.125. The summed E-state index contributed by atoms with van der Waals surface area (Å²) in [5.74, 6) is -2.76. The Hall–Kier alpha value is -0.950.